The highest BCUT2D eigenvalue weighted by atomic mass is 28.3. The minimum Gasteiger partial charge on any atom is -0.508 e. The van der Waals surface area contributed by atoms with E-state index < -0.39 is 16.1 Å². The summed E-state index contributed by atoms with van der Waals surface area (Å²) in [7, 11) is -1.18. The molecular formula is C15H18O4Si. The number of hydrogen-bond acceptors (Lipinski definition) is 4. The topological polar surface area (TPSA) is 58.9 Å². The molecule has 0 heterocycles. The Morgan fingerprint density at radius 2 is 1.45 bits per heavy atom. The summed E-state index contributed by atoms with van der Waals surface area (Å²) in [4.78, 5) is 0. The van der Waals surface area contributed by atoms with E-state index in [0.717, 1.165) is 0 Å². The number of hydrogen-bond donors (Lipinski definition) is 2. The van der Waals surface area contributed by atoms with Gasteiger partial charge in [0.15, 0.2) is 0 Å². The summed E-state index contributed by atoms with van der Waals surface area (Å²) in [5.41, 5.74) is 1.25. The van der Waals surface area contributed by atoms with Crippen molar-refractivity contribution in [3.8, 4) is 11.5 Å². The van der Waals surface area contributed by atoms with Gasteiger partial charge >= 0.3 is 10.0 Å². The molecule has 2 rings (SSSR count). The van der Waals surface area contributed by atoms with Gasteiger partial charge in [-0.25, -0.2) is 0 Å². The maximum Gasteiger partial charge on any atom is 0.305 e. The van der Waals surface area contributed by atoms with Crippen molar-refractivity contribution < 1.29 is 19.1 Å². The first-order valence-corrected chi connectivity index (χ1v) is 7.64. The van der Waals surface area contributed by atoms with Crippen LogP contribution in [0.1, 0.15) is 24.2 Å². The fourth-order valence-electron chi connectivity index (χ4n) is 1.97. The van der Waals surface area contributed by atoms with Gasteiger partial charge in [0.25, 0.3) is 0 Å². The fraction of sp³-hybridized carbons (Fsp3) is 0.200. The van der Waals surface area contributed by atoms with Crippen molar-refractivity contribution in [1.29, 1.82) is 0 Å². The molecule has 0 aliphatic heterocycles. The minimum atomic E-state index is -1.18. The Morgan fingerprint density at radius 3 is 1.90 bits per heavy atom. The summed E-state index contributed by atoms with van der Waals surface area (Å²) in [5, 5.41) is 20.0. The summed E-state index contributed by atoms with van der Waals surface area (Å²) in [6, 6.07) is 13.9. The molecule has 0 fully saturated rings. The maximum absolute atomic E-state index is 10.0. The van der Waals surface area contributed by atoms with Crippen LogP contribution in [0.3, 0.4) is 0 Å². The second-order valence-corrected chi connectivity index (χ2v) is 5.25. The molecule has 5 heteroatoms. The summed E-state index contributed by atoms with van der Waals surface area (Å²) in [6.45, 7) is 2.51. The molecule has 0 spiro atoms. The van der Waals surface area contributed by atoms with E-state index in [4.69, 9.17) is 8.85 Å². The van der Waals surface area contributed by atoms with Crippen LogP contribution in [0.15, 0.2) is 48.5 Å². The zero-order valence-corrected chi connectivity index (χ0v) is 12.7. The molecule has 0 unspecified atom stereocenters. The lowest BCUT2D eigenvalue weighted by molar-refractivity contribution is 0.183. The van der Waals surface area contributed by atoms with Gasteiger partial charge in [-0.1, -0.05) is 36.4 Å². The highest BCUT2D eigenvalue weighted by molar-refractivity contribution is 6.18. The van der Waals surface area contributed by atoms with E-state index in [1.165, 1.54) is 0 Å². The summed E-state index contributed by atoms with van der Waals surface area (Å²) in [5.74, 6) is 0.289. The fourth-order valence-corrected chi connectivity index (χ4v) is 2.72. The van der Waals surface area contributed by atoms with E-state index in [2.05, 4.69) is 0 Å². The highest BCUT2D eigenvalue weighted by Gasteiger charge is 2.20. The van der Waals surface area contributed by atoms with Gasteiger partial charge in [-0.15, -0.1) is 0 Å². The van der Waals surface area contributed by atoms with Crippen molar-refractivity contribution >= 4 is 10.0 Å². The van der Waals surface area contributed by atoms with Gasteiger partial charge in [-0.05, 0) is 19.1 Å². The van der Waals surface area contributed by atoms with E-state index in [1.54, 1.807) is 36.4 Å². The monoisotopic (exact) mass is 290 g/mol. The molecular weight excluding hydrogens is 272 g/mol. The van der Waals surface area contributed by atoms with E-state index in [9.17, 15) is 10.2 Å². The standard InChI is InChI=1S/C15H18O4Si/c1-2-18-20-19-15(11-7-3-5-9-13(11)16)12-8-4-6-10-14(12)17/h3-10,15-17H,2,20H2,1H3. The van der Waals surface area contributed by atoms with Crippen LogP contribution < -0.4 is 0 Å². The summed E-state index contributed by atoms with van der Waals surface area (Å²) < 4.78 is 11.2. The van der Waals surface area contributed by atoms with Crippen LogP contribution in [-0.2, 0) is 8.85 Å². The molecule has 2 N–H and O–H groups in total. The van der Waals surface area contributed by atoms with Gasteiger partial charge in [0, 0.05) is 17.7 Å². The predicted molar refractivity (Wildman–Crippen MR) is 79.3 cm³/mol. The first-order chi connectivity index (χ1) is 9.74. The van der Waals surface area contributed by atoms with Gasteiger partial charge in [0.05, 0.1) is 0 Å². The van der Waals surface area contributed by atoms with E-state index in [1.807, 2.05) is 19.1 Å². The number of aromatic hydroxyl groups is 2. The molecule has 0 saturated heterocycles. The van der Waals surface area contributed by atoms with Gasteiger partial charge in [-0.2, -0.15) is 0 Å². The Bertz CT molecular complexity index is 514. The zero-order chi connectivity index (χ0) is 14.4. The second kappa shape index (κ2) is 7.09. The molecule has 20 heavy (non-hydrogen) atoms. The first kappa shape index (κ1) is 14.6. The van der Waals surface area contributed by atoms with Crippen molar-refractivity contribution in [1.82, 2.24) is 0 Å². The van der Waals surface area contributed by atoms with Crippen LogP contribution >= 0.6 is 0 Å². The lowest BCUT2D eigenvalue weighted by Crippen LogP contribution is -2.12. The van der Waals surface area contributed by atoms with Gasteiger partial charge in [0.1, 0.15) is 17.6 Å². The quantitative estimate of drug-likeness (QED) is 0.633. The average molecular weight is 290 g/mol. The first-order valence-electron chi connectivity index (χ1n) is 6.49. The van der Waals surface area contributed by atoms with Crippen LogP contribution in [-0.4, -0.2) is 26.8 Å². The Balaban J connectivity index is 2.35. The molecule has 2 aromatic rings. The number of rotatable bonds is 6. The number of benzene rings is 2. The van der Waals surface area contributed by atoms with Crippen LogP contribution in [0.25, 0.3) is 0 Å². The minimum absolute atomic E-state index is 0.145. The third-order valence-corrected chi connectivity index (χ3v) is 4.00. The van der Waals surface area contributed by atoms with Crippen molar-refractivity contribution in [2.45, 2.75) is 13.0 Å². The largest absolute Gasteiger partial charge is 0.508 e. The lowest BCUT2D eigenvalue weighted by atomic mass is 10.00. The predicted octanol–water partition coefficient (Wildman–Crippen LogP) is 2.24. The van der Waals surface area contributed by atoms with Crippen LogP contribution in [0.5, 0.6) is 11.5 Å². The van der Waals surface area contributed by atoms with Crippen molar-refractivity contribution in [3.63, 3.8) is 0 Å². The summed E-state index contributed by atoms with van der Waals surface area (Å²) in [6.07, 6.45) is -0.518. The zero-order valence-electron chi connectivity index (χ0n) is 11.3. The van der Waals surface area contributed by atoms with Gasteiger partial charge < -0.3 is 19.1 Å². The third kappa shape index (κ3) is 3.39. The Kier molecular flexibility index (Phi) is 5.17. The third-order valence-electron chi connectivity index (χ3n) is 2.96. The molecule has 0 saturated carbocycles. The molecule has 0 bridgehead atoms. The second-order valence-electron chi connectivity index (χ2n) is 4.27. The van der Waals surface area contributed by atoms with Crippen LogP contribution in [0.2, 0.25) is 0 Å². The van der Waals surface area contributed by atoms with Crippen LogP contribution in [0.4, 0.5) is 0 Å². The van der Waals surface area contributed by atoms with Crippen LogP contribution in [0, 0.1) is 0 Å². The number of phenols is 2. The van der Waals surface area contributed by atoms with Crippen molar-refractivity contribution in [3.05, 3.63) is 59.7 Å². The summed E-state index contributed by atoms with van der Waals surface area (Å²) >= 11 is 0. The van der Waals surface area contributed by atoms with Gasteiger partial charge in [0.2, 0.25) is 0 Å². The smallest absolute Gasteiger partial charge is 0.305 e. The molecule has 0 atom stereocenters. The maximum atomic E-state index is 10.0. The van der Waals surface area contributed by atoms with E-state index in [-0.39, 0.29) is 11.5 Å². The Hall–Kier alpha value is -1.82. The number of para-hydroxylation sites is 2. The van der Waals surface area contributed by atoms with Gasteiger partial charge in [-0.3, -0.25) is 0 Å². The average Bonchev–Trinajstić information content (AvgIpc) is 2.46. The number of phenolic OH excluding ortho intramolecular Hbond substituents is 2. The van der Waals surface area contributed by atoms with Crippen molar-refractivity contribution in [2.75, 3.05) is 6.61 Å². The molecule has 4 nitrogen and oxygen atoms in total. The molecule has 0 aliphatic carbocycles. The highest BCUT2D eigenvalue weighted by Crippen LogP contribution is 2.35. The molecule has 0 aromatic heterocycles. The normalized spacial score (nSPS) is 11.5. The molecule has 0 amide bonds. The Labute approximate surface area is 120 Å². The molecule has 2 aromatic carbocycles. The molecule has 106 valence electrons. The SMILES string of the molecule is CCO[SiH2]OC(c1ccccc1O)c1ccccc1O. The lowest BCUT2D eigenvalue weighted by Gasteiger charge is -2.20. The van der Waals surface area contributed by atoms with E-state index in [0.29, 0.717) is 17.7 Å². The molecule has 0 aliphatic rings. The molecule has 0 radical (unpaired) electrons. The van der Waals surface area contributed by atoms with Crippen molar-refractivity contribution in [2.24, 2.45) is 0 Å². The van der Waals surface area contributed by atoms with E-state index >= 15 is 0 Å². The Morgan fingerprint density at radius 1 is 0.950 bits per heavy atom.